The molecule has 2 amide bonds. The monoisotopic (exact) mass is 448 g/mol. The number of amides is 2. The molecule has 7 heteroatoms. The first kappa shape index (κ1) is 21.1. The second-order valence-electron chi connectivity index (χ2n) is 8.86. The number of carbonyl (C=O) groups is 2. The van der Waals surface area contributed by atoms with Gasteiger partial charge in [-0.15, -0.1) is 11.3 Å². The van der Waals surface area contributed by atoms with Crippen LogP contribution in [0.1, 0.15) is 29.7 Å². The second kappa shape index (κ2) is 8.64. The maximum absolute atomic E-state index is 12.9. The zero-order valence-corrected chi connectivity index (χ0v) is 19.3. The number of thiophene rings is 1. The van der Waals surface area contributed by atoms with Crippen molar-refractivity contribution in [1.82, 2.24) is 15.2 Å². The van der Waals surface area contributed by atoms with Gasteiger partial charge in [0.15, 0.2) is 0 Å². The Morgan fingerprint density at radius 2 is 2.19 bits per heavy atom. The first-order chi connectivity index (χ1) is 15.5. The van der Waals surface area contributed by atoms with Crippen molar-refractivity contribution in [3.05, 3.63) is 58.0 Å². The number of fused-ring (bicyclic) bond motifs is 4. The highest BCUT2D eigenvalue weighted by atomic mass is 32.1. The Hall–Kier alpha value is -2.77. The SMILES string of the molecule is Cc1c(CN(C)C(=O)/C=C/C2=C3C=NNC(=O)[C@@H]3C3CCCN3CC2)sc2ccccc12. The van der Waals surface area contributed by atoms with E-state index in [2.05, 4.69) is 40.5 Å². The van der Waals surface area contributed by atoms with Crippen LogP contribution in [0.5, 0.6) is 0 Å². The quantitative estimate of drug-likeness (QED) is 0.727. The molecule has 0 spiro atoms. The van der Waals surface area contributed by atoms with Crippen molar-refractivity contribution in [2.75, 3.05) is 20.1 Å². The normalized spacial score (nSPS) is 23.4. The molecule has 32 heavy (non-hydrogen) atoms. The molecular formula is C25H28N4O2S. The van der Waals surface area contributed by atoms with E-state index in [1.54, 1.807) is 28.5 Å². The number of rotatable bonds is 4. The topological polar surface area (TPSA) is 65.0 Å². The van der Waals surface area contributed by atoms with Crippen molar-refractivity contribution in [3.63, 3.8) is 0 Å². The van der Waals surface area contributed by atoms with Crippen LogP contribution in [0.2, 0.25) is 0 Å². The zero-order valence-electron chi connectivity index (χ0n) is 18.5. The lowest BCUT2D eigenvalue weighted by Gasteiger charge is -2.30. The molecule has 1 aromatic carbocycles. The fourth-order valence-electron chi connectivity index (χ4n) is 5.18. The first-order valence-electron chi connectivity index (χ1n) is 11.2. The van der Waals surface area contributed by atoms with Crippen LogP contribution in [0.3, 0.4) is 0 Å². The number of hydrogen-bond acceptors (Lipinski definition) is 5. The van der Waals surface area contributed by atoms with E-state index in [4.69, 9.17) is 0 Å². The van der Waals surface area contributed by atoms with E-state index >= 15 is 0 Å². The third kappa shape index (κ3) is 3.80. The molecule has 1 saturated heterocycles. The van der Waals surface area contributed by atoms with E-state index < -0.39 is 0 Å². The summed E-state index contributed by atoms with van der Waals surface area (Å²) in [5.41, 5.74) is 5.90. The van der Waals surface area contributed by atoms with Crippen LogP contribution in [0, 0.1) is 12.8 Å². The molecular weight excluding hydrogens is 420 g/mol. The molecule has 3 aliphatic heterocycles. The molecule has 0 saturated carbocycles. The summed E-state index contributed by atoms with van der Waals surface area (Å²) in [5, 5.41) is 5.33. The maximum Gasteiger partial charge on any atom is 0.249 e. The lowest BCUT2D eigenvalue weighted by atomic mass is 9.86. The second-order valence-corrected chi connectivity index (χ2v) is 10.00. The number of hydrazone groups is 1. The lowest BCUT2D eigenvalue weighted by Crippen LogP contribution is -2.45. The highest BCUT2D eigenvalue weighted by Crippen LogP contribution is 2.35. The highest BCUT2D eigenvalue weighted by Gasteiger charge is 2.41. The third-order valence-electron chi connectivity index (χ3n) is 6.96. The van der Waals surface area contributed by atoms with Crippen LogP contribution in [-0.4, -0.2) is 54.0 Å². The fourth-order valence-corrected chi connectivity index (χ4v) is 6.45. The van der Waals surface area contributed by atoms with Crippen molar-refractivity contribution in [2.24, 2.45) is 11.0 Å². The van der Waals surface area contributed by atoms with Gasteiger partial charge in [0.25, 0.3) is 0 Å². The summed E-state index contributed by atoms with van der Waals surface area (Å²) in [6.07, 6.45) is 8.32. The predicted octanol–water partition coefficient (Wildman–Crippen LogP) is 3.62. The number of likely N-dealkylation sites (N-methyl/N-ethyl adjacent to an activating group) is 1. The third-order valence-corrected chi connectivity index (χ3v) is 8.22. The number of benzene rings is 1. The van der Waals surface area contributed by atoms with Crippen LogP contribution < -0.4 is 5.43 Å². The molecule has 2 aromatic rings. The Kier molecular flexibility index (Phi) is 5.69. The van der Waals surface area contributed by atoms with Crippen molar-refractivity contribution in [2.45, 2.75) is 38.8 Å². The summed E-state index contributed by atoms with van der Waals surface area (Å²) < 4.78 is 1.25. The smallest absolute Gasteiger partial charge is 0.249 e. The Balaban J connectivity index is 1.35. The Labute approximate surface area is 192 Å². The molecule has 1 aromatic heterocycles. The van der Waals surface area contributed by atoms with E-state index in [-0.39, 0.29) is 23.8 Å². The van der Waals surface area contributed by atoms with Crippen molar-refractivity contribution < 1.29 is 9.59 Å². The van der Waals surface area contributed by atoms with Crippen LogP contribution in [0.25, 0.3) is 10.1 Å². The van der Waals surface area contributed by atoms with Gasteiger partial charge in [-0.1, -0.05) is 24.3 Å². The number of carbonyl (C=O) groups excluding carboxylic acids is 2. The number of hydrogen-bond donors (Lipinski definition) is 1. The molecule has 1 fully saturated rings. The van der Waals surface area contributed by atoms with Crippen molar-refractivity contribution >= 4 is 39.5 Å². The highest BCUT2D eigenvalue weighted by molar-refractivity contribution is 7.19. The Bertz CT molecular complexity index is 1160. The van der Waals surface area contributed by atoms with E-state index in [0.29, 0.717) is 6.54 Å². The summed E-state index contributed by atoms with van der Waals surface area (Å²) in [7, 11) is 1.84. The van der Waals surface area contributed by atoms with Gasteiger partial charge < -0.3 is 4.90 Å². The van der Waals surface area contributed by atoms with Gasteiger partial charge in [-0.2, -0.15) is 5.10 Å². The van der Waals surface area contributed by atoms with Gasteiger partial charge in [-0.3, -0.25) is 14.5 Å². The van der Waals surface area contributed by atoms with Crippen LogP contribution in [-0.2, 0) is 16.1 Å². The van der Waals surface area contributed by atoms with Gasteiger partial charge in [-0.25, -0.2) is 5.43 Å². The predicted molar refractivity (Wildman–Crippen MR) is 129 cm³/mol. The van der Waals surface area contributed by atoms with Crippen LogP contribution >= 0.6 is 11.3 Å². The van der Waals surface area contributed by atoms with Gasteiger partial charge in [0.2, 0.25) is 11.8 Å². The Morgan fingerprint density at radius 3 is 3.03 bits per heavy atom. The molecule has 1 N–H and O–H groups in total. The minimum atomic E-state index is -0.203. The van der Waals surface area contributed by atoms with Crippen LogP contribution in [0.4, 0.5) is 0 Å². The summed E-state index contributed by atoms with van der Waals surface area (Å²) in [6.45, 7) is 4.66. The number of allylic oxidation sites excluding steroid dienone is 1. The zero-order chi connectivity index (χ0) is 22.2. The molecule has 0 radical (unpaired) electrons. The molecule has 1 unspecified atom stereocenters. The molecule has 4 heterocycles. The summed E-state index contributed by atoms with van der Waals surface area (Å²) >= 11 is 1.75. The average molecular weight is 449 g/mol. The van der Waals surface area contributed by atoms with E-state index in [1.807, 2.05) is 19.2 Å². The maximum atomic E-state index is 12.9. The van der Waals surface area contributed by atoms with Crippen molar-refractivity contribution in [1.29, 1.82) is 0 Å². The van der Waals surface area contributed by atoms with Crippen molar-refractivity contribution in [3.8, 4) is 0 Å². The van der Waals surface area contributed by atoms with Gasteiger partial charge in [0.05, 0.1) is 18.7 Å². The standard InChI is InChI=1S/C25H28N4O2S/c1-16-18-6-3-4-8-21(18)32-22(16)15-28(2)23(30)10-9-17-11-13-29-12-5-7-20(29)24-19(17)14-26-27-25(24)31/h3-4,6,8-10,14,20,24H,5,7,11-13,15H2,1-2H3,(H,27,31)/b10-9+/t20?,24-/m0/s1. The van der Waals surface area contributed by atoms with Crippen LogP contribution in [0.15, 0.2) is 52.7 Å². The number of nitrogens with one attached hydrogen (secondary N) is 1. The minimum Gasteiger partial charge on any atom is -0.337 e. The molecule has 2 atom stereocenters. The van der Waals surface area contributed by atoms with Gasteiger partial charge in [0, 0.05) is 35.3 Å². The number of aryl methyl sites for hydroxylation is 1. The molecule has 166 valence electrons. The van der Waals surface area contributed by atoms with Gasteiger partial charge in [0.1, 0.15) is 0 Å². The molecule has 6 nitrogen and oxygen atoms in total. The van der Waals surface area contributed by atoms with E-state index in [9.17, 15) is 9.59 Å². The summed E-state index contributed by atoms with van der Waals surface area (Å²) in [5.74, 6) is -0.268. The van der Waals surface area contributed by atoms with E-state index in [1.165, 1.54) is 20.5 Å². The number of nitrogens with zero attached hydrogens (tertiary/aromatic N) is 3. The molecule has 0 aliphatic carbocycles. The average Bonchev–Trinajstić information content (AvgIpc) is 3.34. The molecule has 0 bridgehead atoms. The fraction of sp³-hybridized carbons (Fsp3) is 0.400. The van der Waals surface area contributed by atoms with Gasteiger partial charge in [-0.05, 0) is 60.9 Å². The minimum absolute atomic E-state index is 0.0316. The molecule has 3 aliphatic rings. The first-order valence-corrected chi connectivity index (χ1v) is 12.0. The summed E-state index contributed by atoms with van der Waals surface area (Å²) in [6, 6.07) is 8.60. The van der Waals surface area contributed by atoms with E-state index in [0.717, 1.165) is 43.5 Å². The van der Waals surface area contributed by atoms with Gasteiger partial charge >= 0.3 is 0 Å². The molecule has 5 rings (SSSR count). The largest absolute Gasteiger partial charge is 0.337 e. The lowest BCUT2D eigenvalue weighted by molar-refractivity contribution is -0.126. The summed E-state index contributed by atoms with van der Waals surface area (Å²) in [4.78, 5) is 31.0. The Morgan fingerprint density at radius 1 is 1.34 bits per heavy atom.